The van der Waals surface area contributed by atoms with E-state index in [0.29, 0.717) is 6.54 Å². The number of nitrogens with one attached hydrogen (secondary N) is 1. The molecule has 0 amide bonds. The van der Waals surface area contributed by atoms with Gasteiger partial charge in [0.25, 0.3) is 0 Å². The fourth-order valence-corrected chi connectivity index (χ4v) is 4.02. The van der Waals surface area contributed by atoms with Gasteiger partial charge in [0.1, 0.15) is 5.75 Å². The molecule has 0 saturated carbocycles. The number of rotatable bonds is 6. The summed E-state index contributed by atoms with van der Waals surface area (Å²) in [6, 6.07) is 8.69. The summed E-state index contributed by atoms with van der Waals surface area (Å²) in [4.78, 5) is 9.71. The number of hydrogen-bond donors (Lipinski definition) is 2. The third-order valence-corrected chi connectivity index (χ3v) is 5.54. The molecule has 2 atom stereocenters. The van der Waals surface area contributed by atoms with Gasteiger partial charge in [-0.1, -0.05) is 18.6 Å². The van der Waals surface area contributed by atoms with Crippen LogP contribution in [0.1, 0.15) is 44.2 Å². The molecule has 0 aliphatic carbocycles. The van der Waals surface area contributed by atoms with Crippen LogP contribution in [0.15, 0.2) is 29.3 Å². The summed E-state index contributed by atoms with van der Waals surface area (Å²) < 4.78 is 5.32. The van der Waals surface area contributed by atoms with E-state index in [9.17, 15) is 5.11 Å². The zero-order chi connectivity index (χ0) is 19.1. The fourth-order valence-electron chi connectivity index (χ4n) is 4.02. The van der Waals surface area contributed by atoms with Gasteiger partial charge < -0.3 is 20.1 Å². The van der Waals surface area contributed by atoms with E-state index in [0.717, 1.165) is 50.9 Å². The number of hydrogen-bond acceptors (Lipinski definition) is 4. The number of aliphatic imine (C=N–C) groups is 1. The first kappa shape index (κ1) is 20.0. The van der Waals surface area contributed by atoms with Crippen LogP contribution in [-0.4, -0.2) is 73.3 Å². The molecule has 27 heavy (non-hydrogen) atoms. The number of guanidine groups is 1. The van der Waals surface area contributed by atoms with Crippen LogP contribution in [0, 0.1) is 0 Å². The quantitative estimate of drug-likeness (QED) is 0.591. The molecule has 2 aliphatic rings. The van der Waals surface area contributed by atoms with E-state index in [1.165, 1.54) is 24.8 Å². The molecule has 0 aromatic heterocycles. The Balaban J connectivity index is 1.78. The van der Waals surface area contributed by atoms with Gasteiger partial charge in [-0.3, -0.25) is 9.89 Å². The van der Waals surface area contributed by atoms with Crippen LogP contribution >= 0.6 is 0 Å². The number of piperidine rings is 1. The van der Waals surface area contributed by atoms with Crippen LogP contribution in [-0.2, 0) is 0 Å². The molecule has 0 spiro atoms. The molecule has 6 heteroatoms. The molecule has 2 aliphatic heterocycles. The Kier molecular flexibility index (Phi) is 7.35. The highest BCUT2D eigenvalue weighted by Crippen LogP contribution is 2.27. The maximum Gasteiger partial charge on any atom is 0.194 e. The largest absolute Gasteiger partial charge is 0.497 e. The van der Waals surface area contributed by atoms with Gasteiger partial charge in [0.2, 0.25) is 0 Å². The van der Waals surface area contributed by atoms with Crippen molar-refractivity contribution in [2.75, 3.05) is 46.4 Å². The second-order valence-electron chi connectivity index (χ2n) is 7.47. The maximum atomic E-state index is 9.88. The summed E-state index contributed by atoms with van der Waals surface area (Å²) in [6.45, 7) is 7.44. The van der Waals surface area contributed by atoms with Gasteiger partial charge in [0.15, 0.2) is 5.96 Å². The van der Waals surface area contributed by atoms with E-state index in [2.05, 4.69) is 34.2 Å². The van der Waals surface area contributed by atoms with Gasteiger partial charge in [0, 0.05) is 19.6 Å². The van der Waals surface area contributed by atoms with E-state index in [1.807, 2.05) is 12.1 Å². The van der Waals surface area contributed by atoms with Crippen LogP contribution in [0.2, 0.25) is 0 Å². The van der Waals surface area contributed by atoms with Gasteiger partial charge in [0.05, 0.1) is 25.8 Å². The topological polar surface area (TPSA) is 60.3 Å². The molecule has 1 aromatic rings. The molecule has 150 valence electrons. The van der Waals surface area contributed by atoms with Crippen LogP contribution in [0.25, 0.3) is 0 Å². The fraction of sp³-hybridized carbons (Fsp3) is 0.667. The average molecular weight is 375 g/mol. The van der Waals surface area contributed by atoms with Gasteiger partial charge in [-0.15, -0.1) is 0 Å². The summed E-state index contributed by atoms with van der Waals surface area (Å²) in [5, 5.41) is 13.3. The van der Waals surface area contributed by atoms with E-state index in [-0.39, 0.29) is 12.1 Å². The SMILES string of the molecule is CCNC(=NCC(c1ccc(OC)cc1)N1CCCCC1)N1CC[C@@H](O)C1. The minimum atomic E-state index is -0.242. The first-order valence-electron chi connectivity index (χ1n) is 10.3. The summed E-state index contributed by atoms with van der Waals surface area (Å²) in [5.74, 6) is 1.81. The van der Waals surface area contributed by atoms with Crippen LogP contribution < -0.4 is 10.1 Å². The van der Waals surface area contributed by atoms with Crippen molar-refractivity contribution in [2.24, 2.45) is 4.99 Å². The lowest BCUT2D eigenvalue weighted by Crippen LogP contribution is -2.41. The molecular weight excluding hydrogens is 340 g/mol. The highest BCUT2D eigenvalue weighted by Gasteiger charge is 2.25. The van der Waals surface area contributed by atoms with Crippen molar-refractivity contribution in [3.8, 4) is 5.75 Å². The molecule has 2 saturated heterocycles. The summed E-state index contributed by atoms with van der Waals surface area (Å²) in [5.41, 5.74) is 1.29. The Morgan fingerprint density at radius 1 is 1.22 bits per heavy atom. The first-order chi connectivity index (χ1) is 13.2. The zero-order valence-corrected chi connectivity index (χ0v) is 16.7. The van der Waals surface area contributed by atoms with Crippen LogP contribution in [0.3, 0.4) is 0 Å². The van der Waals surface area contributed by atoms with Crippen molar-refractivity contribution in [1.82, 2.24) is 15.1 Å². The Morgan fingerprint density at radius 3 is 2.56 bits per heavy atom. The monoisotopic (exact) mass is 374 g/mol. The highest BCUT2D eigenvalue weighted by molar-refractivity contribution is 5.80. The van der Waals surface area contributed by atoms with E-state index >= 15 is 0 Å². The van der Waals surface area contributed by atoms with Gasteiger partial charge >= 0.3 is 0 Å². The van der Waals surface area contributed by atoms with Crippen molar-refractivity contribution in [3.05, 3.63) is 29.8 Å². The maximum absolute atomic E-state index is 9.88. The number of methoxy groups -OCH3 is 1. The predicted octanol–water partition coefficient (Wildman–Crippen LogP) is 2.25. The number of likely N-dealkylation sites (tertiary alicyclic amines) is 2. The highest BCUT2D eigenvalue weighted by atomic mass is 16.5. The third kappa shape index (κ3) is 5.36. The normalized spacial score (nSPS) is 22.7. The summed E-state index contributed by atoms with van der Waals surface area (Å²) in [7, 11) is 1.70. The van der Waals surface area contributed by atoms with E-state index in [1.54, 1.807) is 7.11 Å². The van der Waals surface area contributed by atoms with Crippen molar-refractivity contribution in [1.29, 1.82) is 0 Å². The second-order valence-corrected chi connectivity index (χ2v) is 7.47. The minimum absolute atomic E-state index is 0.242. The molecule has 0 bridgehead atoms. The number of nitrogens with zero attached hydrogens (tertiary/aromatic N) is 3. The van der Waals surface area contributed by atoms with Gasteiger partial charge in [-0.05, 0) is 57.0 Å². The van der Waals surface area contributed by atoms with E-state index in [4.69, 9.17) is 9.73 Å². The molecule has 1 aromatic carbocycles. The Morgan fingerprint density at radius 2 is 1.96 bits per heavy atom. The van der Waals surface area contributed by atoms with Crippen LogP contribution in [0.5, 0.6) is 5.75 Å². The molecule has 2 N–H and O–H groups in total. The minimum Gasteiger partial charge on any atom is -0.497 e. The number of ether oxygens (including phenoxy) is 1. The second kappa shape index (κ2) is 9.95. The number of β-amino-alcohol motifs (C(OH)–C–C–N with tert-alkyl or cyclic N) is 1. The summed E-state index contributed by atoms with van der Waals surface area (Å²) in [6.07, 6.45) is 4.42. The smallest absolute Gasteiger partial charge is 0.194 e. The van der Waals surface area contributed by atoms with Crippen molar-refractivity contribution < 1.29 is 9.84 Å². The molecule has 6 nitrogen and oxygen atoms in total. The molecule has 2 heterocycles. The number of benzene rings is 1. The third-order valence-electron chi connectivity index (χ3n) is 5.54. The zero-order valence-electron chi connectivity index (χ0n) is 16.7. The predicted molar refractivity (Wildman–Crippen MR) is 109 cm³/mol. The Labute approximate surface area is 163 Å². The van der Waals surface area contributed by atoms with Crippen LogP contribution in [0.4, 0.5) is 0 Å². The van der Waals surface area contributed by atoms with Crippen molar-refractivity contribution >= 4 is 5.96 Å². The van der Waals surface area contributed by atoms with Gasteiger partial charge in [-0.25, -0.2) is 0 Å². The molecule has 3 rings (SSSR count). The Bertz CT molecular complexity index is 599. The molecular formula is C21H34N4O2. The number of aliphatic hydroxyl groups excluding tert-OH is 1. The number of aliphatic hydroxyl groups is 1. The molecule has 2 fully saturated rings. The molecule has 1 unspecified atom stereocenters. The Hall–Kier alpha value is -1.79. The van der Waals surface area contributed by atoms with Crippen molar-refractivity contribution in [2.45, 2.75) is 44.8 Å². The lowest BCUT2D eigenvalue weighted by atomic mass is 10.0. The average Bonchev–Trinajstić information content (AvgIpc) is 3.15. The standard InChI is InChI=1S/C21H34N4O2/c1-3-22-21(25-14-11-18(26)16-25)23-15-20(24-12-5-4-6-13-24)17-7-9-19(27-2)10-8-17/h7-10,18,20,26H,3-6,11-16H2,1-2H3,(H,22,23)/t18-,20?/m1/s1. The molecule has 0 radical (unpaired) electrons. The van der Waals surface area contributed by atoms with E-state index < -0.39 is 0 Å². The summed E-state index contributed by atoms with van der Waals surface area (Å²) >= 11 is 0. The lowest BCUT2D eigenvalue weighted by Gasteiger charge is -2.34. The lowest BCUT2D eigenvalue weighted by molar-refractivity contribution is 0.167. The van der Waals surface area contributed by atoms with Gasteiger partial charge in [-0.2, -0.15) is 0 Å². The first-order valence-corrected chi connectivity index (χ1v) is 10.3. The van der Waals surface area contributed by atoms with Crippen molar-refractivity contribution in [3.63, 3.8) is 0 Å².